The number of nitrogens with two attached hydrogens (primary N) is 1. The highest BCUT2D eigenvalue weighted by molar-refractivity contribution is 6.35. The molecule has 0 bridgehead atoms. The van der Waals surface area contributed by atoms with E-state index in [2.05, 4.69) is 5.10 Å². The summed E-state index contributed by atoms with van der Waals surface area (Å²) in [6.45, 7) is 0. The minimum atomic E-state index is 0.455. The van der Waals surface area contributed by atoms with Gasteiger partial charge in [-0.1, -0.05) is 11.6 Å². The van der Waals surface area contributed by atoms with Crippen molar-refractivity contribution in [3.8, 4) is 22.6 Å². The predicted octanol–water partition coefficient (Wildman–Crippen LogP) is 2.34. The van der Waals surface area contributed by atoms with E-state index in [-0.39, 0.29) is 0 Å². The molecule has 2 aromatic rings. The van der Waals surface area contributed by atoms with E-state index in [9.17, 15) is 0 Å². The summed E-state index contributed by atoms with van der Waals surface area (Å²) in [6.07, 6.45) is 1.67. The van der Waals surface area contributed by atoms with Gasteiger partial charge in [-0.2, -0.15) is 5.10 Å². The lowest BCUT2D eigenvalue weighted by molar-refractivity contribution is 0.355. The molecule has 0 unspecified atom stereocenters. The van der Waals surface area contributed by atoms with Crippen molar-refractivity contribution in [2.75, 3.05) is 20.0 Å². The third-order valence-corrected chi connectivity index (χ3v) is 3.14. The zero-order chi connectivity index (χ0) is 13.3. The fourth-order valence-electron chi connectivity index (χ4n) is 1.75. The third kappa shape index (κ3) is 1.86. The standard InChI is InChI=1S/C12H14ClN3O2/c1-16-12(14)8(6-15-16)7-4-5-9(17-2)11(18-3)10(7)13/h4-6H,14H2,1-3H3. The molecule has 0 aliphatic rings. The van der Waals surface area contributed by atoms with E-state index >= 15 is 0 Å². The first-order chi connectivity index (χ1) is 8.60. The molecule has 18 heavy (non-hydrogen) atoms. The van der Waals surface area contributed by atoms with Crippen LogP contribution in [0, 0.1) is 0 Å². The van der Waals surface area contributed by atoms with Crippen molar-refractivity contribution in [3.05, 3.63) is 23.4 Å². The molecule has 5 nitrogen and oxygen atoms in total. The van der Waals surface area contributed by atoms with Crippen molar-refractivity contribution in [3.63, 3.8) is 0 Å². The molecule has 0 spiro atoms. The van der Waals surface area contributed by atoms with Gasteiger partial charge in [-0.25, -0.2) is 0 Å². The number of nitrogen functional groups attached to an aromatic ring is 1. The molecule has 0 atom stereocenters. The Kier molecular flexibility index (Phi) is 3.34. The topological polar surface area (TPSA) is 62.3 Å². The van der Waals surface area contributed by atoms with Gasteiger partial charge in [-0.3, -0.25) is 4.68 Å². The number of nitrogens with zero attached hydrogens (tertiary/aromatic N) is 2. The largest absolute Gasteiger partial charge is 0.493 e. The molecule has 96 valence electrons. The zero-order valence-corrected chi connectivity index (χ0v) is 11.2. The summed E-state index contributed by atoms with van der Waals surface area (Å²) in [5.74, 6) is 1.61. The maximum Gasteiger partial charge on any atom is 0.180 e. The van der Waals surface area contributed by atoms with Crippen LogP contribution < -0.4 is 15.2 Å². The molecule has 1 aromatic heterocycles. The highest BCUT2D eigenvalue weighted by Gasteiger charge is 2.17. The summed E-state index contributed by atoms with van der Waals surface area (Å²) in [5, 5.41) is 4.55. The summed E-state index contributed by atoms with van der Waals surface area (Å²) in [6, 6.07) is 3.61. The summed E-state index contributed by atoms with van der Waals surface area (Å²) >= 11 is 6.31. The molecular weight excluding hydrogens is 254 g/mol. The number of ether oxygens (including phenoxy) is 2. The van der Waals surface area contributed by atoms with Gasteiger partial charge in [0, 0.05) is 18.2 Å². The highest BCUT2D eigenvalue weighted by Crippen LogP contribution is 2.42. The van der Waals surface area contributed by atoms with Gasteiger partial charge >= 0.3 is 0 Å². The van der Waals surface area contributed by atoms with Gasteiger partial charge in [-0.15, -0.1) is 0 Å². The number of aryl methyl sites for hydroxylation is 1. The minimum absolute atomic E-state index is 0.455. The summed E-state index contributed by atoms with van der Waals surface area (Å²) < 4.78 is 12.0. The van der Waals surface area contributed by atoms with Crippen LogP contribution in [-0.2, 0) is 7.05 Å². The molecule has 1 heterocycles. The fourth-order valence-corrected chi connectivity index (χ4v) is 2.09. The number of benzene rings is 1. The van der Waals surface area contributed by atoms with Gasteiger partial charge in [0.15, 0.2) is 11.5 Å². The van der Waals surface area contributed by atoms with Crippen molar-refractivity contribution in [1.29, 1.82) is 0 Å². The lowest BCUT2D eigenvalue weighted by Gasteiger charge is -2.12. The van der Waals surface area contributed by atoms with Crippen molar-refractivity contribution in [1.82, 2.24) is 9.78 Å². The van der Waals surface area contributed by atoms with E-state index in [1.165, 1.54) is 0 Å². The Morgan fingerprint density at radius 2 is 1.94 bits per heavy atom. The number of halogens is 1. The highest BCUT2D eigenvalue weighted by atomic mass is 35.5. The van der Waals surface area contributed by atoms with E-state index in [0.717, 1.165) is 11.1 Å². The van der Waals surface area contributed by atoms with Gasteiger partial charge in [0.2, 0.25) is 0 Å². The van der Waals surface area contributed by atoms with Gasteiger partial charge in [0.25, 0.3) is 0 Å². The van der Waals surface area contributed by atoms with Crippen molar-refractivity contribution < 1.29 is 9.47 Å². The van der Waals surface area contributed by atoms with E-state index in [1.54, 1.807) is 38.2 Å². The van der Waals surface area contributed by atoms with E-state index in [1.807, 2.05) is 6.07 Å². The maximum atomic E-state index is 6.31. The molecule has 0 saturated heterocycles. The average molecular weight is 268 g/mol. The van der Waals surface area contributed by atoms with Crippen LogP contribution in [0.25, 0.3) is 11.1 Å². The molecule has 1 aromatic carbocycles. The number of aromatic nitrogens is 2. The lowest BCUT2D eigenvalue weighted by atomic mass is 10.1. The van der Waals surface area contributed by atoms with Gasteiger partial charge in [-0.05, 0) is 12.1 Å². The van der Waals surface area contributed by atoms with E-state index < -0.39 is 0 Å². The fraction of sp³-hybridized carbons (Fsp3) is 0.250. The molecule has 0 aliphatic carbocycles. The van der Waals surface area contributed by atoms with Crippen LogP contribution in [0.15, 0.2) is 18.3 Å². The van der Waals surface area contributed by atoms with E-state index in [4.69, 9.17) is 26.8 Å². The van der Waals surface area contributed by atoms with Gasteiger partial charge in [0.05, 0.1) is 25.4 Å². The Morgan fingerprint density at radius 1 is 1.22 bits per heavy atom. The number of rotatable bonds is 3. The molecule has 0 saturated carbocycles. The lowest BCUT2D eigenvalue weighted by Crippen LogP contribution is -1.98. The first-order valence-corrected chi connectivity index (χ1v) is 5.66. The second-order valence-electron chi connectivity index (χ2n) is 3.73. The second kappa shape index (κ2) is 4.78. The van der Waals surface area contributed by atoms with Gasteiger partial charge in [0.1, 0.15) is 5.82 Å². The first kappa shape index (κ1) is 12.6. The van der Waals surface area contributed by atoms with Gasteiger partial charge < -0.3 is 15.2 Å². The normalized spacial score (nSPS) is 10.4. The average Bonchev–Trinajstić information content (AvgIpc) is 2.70. The number of hydrogen-bond acceptors (Lipinski definition) is 4. The molecule has 0 radical (unpaired) electrons. The number of anilines is 1. The van der Waals surface area contributed by atoms with Crippen LogP contribution >= 0.6 is 11.6 Å². The summed E-state index contributed by atoms with van der Waals surface area (Å²) in [5.41, 5.74) is 7.47. The monoisotopic (exact) mass is 267 g/mol. The quantitative estimate of drug-likeness (QED) is 0.927. The molecule has 2 N–H and O–H groups in total. The van der Waals surface area contributed by atoms with Crippen molar-refractivity contribution >= 4 is 17.4 Å². The Morgan fingerprint density at radius 3 is 2.44 bits per heavy atom. The minimum Gasteiger partial charge on any atom is -0.493 e. The van der Waals surface area contributed by atoms with E-state index in [0.29, 0.717) is 22.3 Å². The molecule has 0 aliphatic heterocycles. The van der Waals surface area contributed by atoms with Crippen LogP contribution in [0.4, 0.5) is 5.82 Å². The first-order valence-electron chi connectivity index (χ1n) is 5.28. The van der Waals surface area contributed by atoms with Crippen molar-refractivity contribution in [2.24, 2.45) is 7.05 Å². The predicted molar refractivity (Wildman–Crippen MR) is 71.2 cm³/mol. The Labute approximate surface area is 110 Å². The summed E-state index contributed by atoms with van der Waals surface area (Å²) in [4.78, 5) is 0. The number of methoxy groups -OCH3 is 2. The molecule has 0 fully saturated rings. The van der Waals surface area contributed by atoms with Crippen LogP contribution in [0.2, 0.25) is 5.02 Å². The van der Waals surface area contributed by atoms with Crippen molar-refractivity contribution in [2.45, 2.75) is 0 Å². The Balaban J connectivity index is 2.63. The smallest absolute Gasteiger partial charge is 0.180 e. The summed E-state index contributed by atoms with van der Waals surface area (Å²) in [7, 11) is 4.87. The number of hydrogen-bond donors (Lipinski definition) is 1. The molecule has 0 amide bonds. The van der Waals surface area contributed by atoms with Crippen LogP contribution in [0.1, 0.15) is 0 Å². The molecular formula is C12H14ClN3O2. The molecule has 6 heteroatoms. The second-order valence-corrected chi connectivity index (χ2v) is 4.11. The Bertz CT molecular complexity index is 581. The SMILES string of the molecule is COc1ccc(-c2cnn(C)c2N)c(Cl)c1OC. The third-order valence-electron chi connectivity index (χ3n) is 2.76. The maximum absolute atomic E-state index is 6.31. The van der Waals surface area contributed by atoms with Crippen LogP contribution in [-0.4, -0.2) is 24.0 Å². The van der Waals surface area contributed by atoms with Crippen LogP contribution in [0.3, 0.4) is 0 Å². The zero-order valence-electron chi connectivity index (χ0n) is 10.4. The molecule has 2 rings (SSSR count). The Hall–Kier alpha value is -1.88. The van der Waals surface area contributed by atoms with Crippen LogP contribution in [0.5, 0.6) is 11.5 Å².